The Hall–Kier alpha value is -1.23. The lowest BCUT2D eigenvalue weighted by Crippen LogP contribution is -2.36. The smallest absolute Gasteiger partial charge is 0.162 e. The van der Waals surface area contributed by atoms with Crippen LogP contribution in [-0.2, 0) is 17.8 Å². The molecule has 1 N–H and O–H groups in total. The van der Waals surface area contributed by atoms with Crippen LogP contribution in [0.3, 0.4) is 0 Å². The normalized spacial score (nSPS) is 13.5. The molecule has 1 atom stereocenters. The minimum atomic E-state index is -0.904. The van der Waals surface area contributed by atoms with E-state index < -0.39 is 6.10 Å². The summed E-state index contributed by atoms with van der Waals surface area (Å²) in [6.07, 6.45) is 6.18. The average Bonchev–Trinajstić information content (AvgIpc) is 2.96. The second kappa shape index (κ2) is 9.16. The Kier molecular flexibility index (Phi) is 7.89. The number of Topliss-reactive ketones (excluding diaryl/α,β-unsaturated/α-hetero) is 1. The molecular formula is C18H33N3O2. The summed E-state index contributed by atoms with van der Waals surface area (Å²) in [6, 6.07) is 0. The van der Waals surface area contributed by atoms with Crippen LogP contribution in [0.25, 0.3) is 0 Å². The molecule has 1 rings (SSSR count). The molecule has 0 amide bonds. The highest BCUT2D eigenvalue weighted by molar-refractivity contribution is 5.83. The summed E-state index contributed by atoms with van der Waals surface area (Å²) in [5, 5.41) is 18.4. The Morgan fingerprint density at radius 3 is 2.65 bits per heavy atom. The molecule has 0 aliphatic carbocycles. The van der Waals surface area contributed by atoms with E-state index >= 15 is 0 Å². The minimum absolute atomic E-state index is 0.108. The zero-order chi connectivity index (χ0) is 17.5. The number of rotatable bonds is 11. The van der Waals surface area contributed by atoms with Crippen molar-refractivity contribution in [3.05, 3.63) is 11.9 Å². The van der Waals surface area contributed by atoms with Crippen LogP contribution in [0.1, 0.15) is 72.4 Å². The topological polar surface area (TPSA) is 68.0 Å². The number of aryl methyl sites for hydroxylation is 2. The average molecular weight is 323 g/mol. The van der Waals surface area contributed by atoms with Gasteiger partial charge in [0, 0.05) is 25.6 Å². The molecule has 23 heavy (non-hydrogen) atoms. The third-order valence-electron chi connectivity index (χ3n) is 4.59. The highest BCUT2D eigenvalue weighted by Gasteiger charge is 2.31. The summed E-state index contributed by atoms with van der Waals surface area (Å²) < 4.78 is 1.85. The van der Waals surface area contributed by atoms with Crippen molar-refractivity contribution in [1.29, 1.82) is 0 Å². The van der Waals surface area contributed by atoms with Crippen molar-refractivity contribution in [2.24, 2.45) is 11.3 Å². The number of aromatic nitrogens is 3. The number of carbonyl (C=O) groups excluding carboxylic acids is 1. The van der Waals surface area contributed by atoms with Crippen molar-refractivity contribution in [2.45, 2.75) is 85.8 Å². The van der Waals surface area contributed by atoms with Crippen LogP contribution < -0.4 is 0 Å². The van der Waals surface area contributed by atoms with E-state index in [1.807, 2.05) is 31.6 Å². The van der Waals surface area contributed by atoms with E-state index in [-0.39, 0.29) is 11.2 Å². The molecule has 0 radical (unpaired) electrons. The molecular weight excluding hydrogens is 290 g/mol. The van der Waals surface area contributed by atoms with Gasteiger partial charge in [-0.15, -0.1) is 5.10 Å². The van der Waals surface area contributed by atoms with Gasteiger partial charge in [0.1, 0.15) is 6.10 Å². The van der Waals surface area contributed by atoms with Crippen molar-refractivity contribution in [1.82, 2.24) is 15.0 Å². The fourth-order valence-electron chi connectivity index (χ4n) is 2.41. The molecule has 0 aliphatic rings. The second-order valence-corrected chi connectivity index (χ2v) is 7.57. The molecule has 5 nitrogen and oxygen atoms in total. The van der Waals surface area contributed by atoms with Crippen LogP contribution in [0.15, 0.2) is 6.20 Å². The number of hydrogen-bond acceptors (Lipinski definition) is 4. The molecule has 5 heteroatoms. The summed E-state index contributed by atoms with van der Waals surface area (Å²) >= 11 is 0. The molecule has 0 spiro atoms. The zero-order valence-electron chi connectivity index (χ0n) is 15.4. The summed E-state index contributed by atoms with van der Waals surface area (Å²) in [7, 11) is 0. The number of aliphatic hydroxyl groups excluding tert-OH is 1. The van der Waals surface area contributed by atoms with Gasteiger partial charge in [0.15, 0.2) is 5.78 Å². The monoisotopic (exact) mass is 323 g/mol. The van der Waals surface area contributed by atoms with Gasteiger partial charge in [-0.1, -0.05) is 52.7 Å². The van der Waals surface area contributed by atoms with Gasteiger partial charge >= 0.3 is 0 Å². The summed E-state index contributed by atoms with van der Waals surface area (Å²) in [5.41, 5.74) is 0.453. The molecule has 0 saturated heterocycles. The summed E-state index contributed by atoms with van der Waals surface area (Å²) in [4.78, 5) is 12.1. The number of hydrogen-bond donors (Lipinski definition) is 1. The van der Waals surface area contributed by atoms with E-state index in [2.05, 4.69) is 24.2 Å². The van der Waals surface area contributed by atoms with Crippen LogP contribution in [0.2, 0.25) is 0 Å². The first kappa shape index (κ1) is 19.8. The molecule has 0 bridgehead atoms. The molecule has 132 valence electrons. The molecule has 0 fully saturated rings. The molecule has 1 aromatic rings. The van der Waals surface area contributed by atoms with E-state index in [9.17, 15) is 9.90 Å². The summed E-state index contributed by atoms with van der Waals surface area (Å²) in [5.74, 6) is 0.634. The van der Waals surface area contributed by atoms with Crippen LogP contribution in [0.4, 0.5) is 0 Å². The predicted octanol–water partition coefficient (Wildman–Crippen LogP) is 3.40. The fourth-order valence-corrected chi connectivity index (χ4v) is 2.41. The van der Waals surface area contributed by atoms with Crippen molar-refractivity contribution in [3.8, 4) is 0 Å². The first-order chi connectivity index (χ1) is 10.8. The maximum absolute atomic E-state index is 12.1. The van der Waals surface area contributed by atoms with E-state index in [0.29, 0.717) is 12.8 Å². The van der Waals surface area contributed by atoms with E-state index in [4.69, 9.17) is 0 Å². The lowest BCUT2D eigenvalue weighted by Gasteiger charge is -2.27. The van der Waals surface area contributed by atoms with E-state index in [0.717, 1.165) is 31.0 Å². The van der Waals surface area contributed by atoms with E-state index in [1.54, 1.807) is 0 Å². The van der Waals surface area contributed by atoms with Gasteiger partial charge in [-0.2, -0.15) is 0 Å². The standard InChI is InChI=1S/C18H33N3O2/c1-6-18(4,5)17(23)16(22)11-10-15-13-21(20-19-15)12-8-7-9-14(2)3/h13-14,17,23H,6-12H2,1-5H3/t17-/m0/s1. The Labute approximate surface area is 140 Å². The molecule has 0 aromatic carbocycles. The highest BCUT2D eigenvalue weighted by Crippen LogP contribution is 2.26. The van der Waals surface area contributed by atoms with Crippen molar-refractivity contribution in [2.75, 3.05) is 0 Å². The first-order valence-electron chi connectivity index (χ1n) is 8.86. The molecule has 0 saturated carbocycles. The third-order valence-corrected chi connectivity index (χ3v) is 4.59. The Balaban J connectivity index is 2.37. The van der Waals surface area contributed by atoms with Crippen LogP contribution in [0, 0.1) is 11.3 Å². The van der Waals surface area contributed by atoms with Gasteiger partial charge in [-0.05, 0) is 24.2 Å². The van der Waals surface area contributed by atoms with E-state index in [1.165, 1.54) is 12.8 Å². The highest BCUT2D eigenvalue weighted by atomic mass is 16.3. The Morgan fingerprint density at radius 2 is 2.04 bits per heavy atom. The van der Waals surface area contributed by atoms with Gasteiger partial charge in [0.25, 0.3) is 0 Å². The van der Waals surface area contributed by atoms with Crippen molar-refractivity contribution < 1.29 is 9.90 Å². The quantitative estimate of drug-likeness (QED) is 0.634. The first-order valence-corrected chi connectivity index (χ1v) is 8.86. The van der Waals surface area contributed by atoms with Gasteiger partial charge in [-0.25, -0.2) is 0 Å². The number of carbonyl (C=O) groups is 1. The third kappa shape index (κ3) is 6.81. The maximum Gasteiger partial charge on any atom is 0.162 e. The predicted molar refractivity (Wildman–Crippen MR) is 92.1 cm³/mol. The number of nitrogens with zero attached hydrogens (tertiary/aromatic N) is 3. The SMILES string of the molecule is CCC(C)(C)[C@@H](O)C(=O)CCc1cn(CCCCC(C)C)nn1. The fraction of sp³-hybridized carbons (Fsp3) is 0.833. The van der Waals surface area contributed by atoms with Gasteiger partial charge in [-0.3, -0.25) is 9.48 Å². The Bertz CT molecular complexity index is 480. The van der Waals surface area contributed by atoms with Crippen LogP contribution >= 0.6 is 0 Å². The van der Waals surface area contributed by atoms with Crippen molar-refractivity contribution >= 4 is 5.78 Å². The van der Waals surface area contributed by atoms with Gasteiger partial charge in [0.05, 0.1) is 5.69 Å². The van der Waals surface area contributed by atoms with Gasteiger partial charge < -0.3 is 5.11 Å². The van der Waals surface area contributed by atoms with Crippen LogP contribution in [-0.4, -0.2) is 32.0 Å². The maximum atomic E-state index is 12.1. The second-order valence-electron chi connectivity index (χ2n) is 7.57. The largest absolute Gasteiger partial charge is 0.385 e. The lowest BCUT2D eigenvalue weighted by molar-refractivity contribution is -0.133. The lowest BCUT2D eigenvalue weighted by atomic mass is 9.81. The molecule has 0 aliphatic heterocycles. The number of unbranched alkanes of at least 4 members (excludes halogenated alkanes) is 1. The number of ketones is 1. The number of aliphatic hydroxyl groups is 1. The minimum Gasteiger partial charge on any atom is -0.385 e. The van der Waals surface area contributed by atoms with Crippen LogP contribution in [0.5, 0.6) is 0 Å². The molecule has 1 aromatic heterocycles. The summed E-state index contributed by atoms with van der Waals surface area (Å²) in [6.45, 7) is 11.2. The van der Waals surface area contributed by atoms with Crippen molar-refractivity contribution in [3.63, 3.8) is 0 Å². The zero-order valence-corrected chi connectivity index (χ0v) is 15.4. The van der Waals surface area contributed by atoms with Gasteiger partial charge in [0.2, 0.25) is 0 Å². The molecule has 1 heterocycles. The Morgan fingerprint density at radius 1 is 1.35 bits per heavy atom. The molecule has 0 unspecified atom stereocenters.